The summed E-state index contributed by atoms with van der Waals surface area (Å²) >= 11 is 6.67. The summed E-state index contributed by atoms with van der Waals surface area (Å²) < 4.78 is 0. The maximum Gasteiger partial charge on any atom is 0.0530 e. The minimum atomic E-state index is -0.365. The van der Waals surface area contributed by atoms with Crippen molar-refractivity contribution < 1.29 is 0 Å². The van der Waals surface area contributed by atoms with Crippen molar-refractivity contribution in [3.63, 3.8) is 0 Å². The average molecular weight is 295 g/mol. The third kappa shape index (κ3) is 3.34. The van der Waals surface area contributed by atoms with Crippen molar-refractivity contribution in [1.29, 1.82) is 0 Å². The molecule has 2 rings (SSSR count). The summed E-state index contributed by atoms with van der Waals surface area (Å²) in [7, 11) is 0. The van der Waals surface area contributed by atoms with E-state index < -0.39 is 0 Å². The first kappa shape index (κ1) is 15.3. The molecule has 0 fully saturated rings. The number of rotatable bonds is 5. The Hall–Kier alpha value is -2.05. The summed E-state index contributed by atoms with van der Waals surface area (Å²) in [5.74, 6) is 0. The number of hydrogen-bond donors (Lipinski definition) is 0. The van der Waals surface area contributed by atoms with Crippen molar-refractivity contribution in [3.05, 3.63) is 108 Å². The van der Waals surface area contributed by atoms with Gasteiger partial charge in [0, 0.05) is 5.03 Å². The molecule has 0 saturated heterocycles. The maximum absolute atomic E-state index is 6.67. The van der Waals surface area contributed by atoms with Gasteiger partial charge in [-0.2, -0.15) is 0 Å². The first-order valence-electron chi connectivity index (χ1n) is 6.96. The van der Waals surface area contributed by atoms with E-state index >= 15 is 0 Å². The van der Waals surface area contributed by atoms with Crippen molar-refractivity contribution in [2.75, 3.05) is 0 Å². The van der Waals surface area contributed by atoms with Crippen molar-refractivity contribution in [1.82, 2.24) is 0 Å². The molecule has 0 amide bonds. The van der Waals surface area contributed by atoms with Gasteiger partial charge < -0.3 is 0 Å². The Morgan fingerprint density at radius 1 is 0.905 bits per heavy atom. The van der Waals surface area contributed by atoms with Gasteiger partial charge in [-0.05, 0) is 24.1 Å². The summed E-state index contributed by atoms with van der Waals surface area (Å²) in [6, 6.07) is 20.6. The van der Waals surface area contributed by atoms with E-state index in [0.29, 0.717) is 0 Å². The van der Waals surface area contributed by atoms with E-state index in [-0.39, 0.29) is 5.41 Å². The first-order valence-corrected chi connectivity index (χ1v) is 7.34. The quantitative estimate of drug-likeness (QED) is 0.606. The Labute approximate surface area is 132 Å². The molecule has 2 aromatic rings. The summed E-state index contributed by atoms with van der Waals surface area (Å²) in [6.45, 7) is 5.83. The maximum atomic E-state index is 6.67. The van der Waals surface area contributed by atoms with Crippen LogP contribution in [0.1, 0.15) is 18.1 Å². The molecule has 0 aliphatic heterocycles. The van der Waals surface area contributed by atoms with Gasteiger partial charge in [0.05, 0.1) is 5.41 Å². The molecule has 1 heteroatoms. The van der Waals surface area contributed by atoms with Gasteiger partial charge >= 0.3 is 0 Å². The molecule has 0 nitrogen and oxygen atoms in total. The van der Waals surface area contributed by atoms with E-state index in [0.717, 1.165) is 5.03 Å². The van der Waals surface area contributed by atoms with Gasteiger partial charge in [-0.25, -0.2) is 0 Å². The zero-order chi connectivity index (χ0) is 15.1. The number of hydrogen-bond acceptors (Lipinski definition) is 0. The molecule has 0 spiro atoms. The topological polar surface area (TPSA) is 0 Å². The second-order valence-corrected chi connectivity index (χ2v) is 5.40. The van der Waals surface area contributed by atoms with Crippen LogP contribution in [-0.4, -0.2) is 0 Å². The van der Waals surface area contributed by atoms with Gasteiger partial charge in [0.25, 0.3) is 0 Å². The zero-order valence-electron chi connectivity index (χ0n) is 12.2. The van der Waals surface area contributed by atoms with Gasteiger partial charge in [0.15, 0.2) is 0 Å². The minimum Gasteiger partial charge on any atom is -0.0991 e. The molecule has 0 aliphatic rings. The van der Waals surface area contributed by atoms with Gasteiger partial charge in [-0.15, -0.1) is 0 Å². The molecule has 0 bridgehead atoms. The van der Waals surface area contributed by atoms with Crippen molar-refractivity contribution in [3.8, 4) is 0 Å². The van der Waals surface area contributed by atoms with E-state index in [1.165, 1.54) is 11.1 Å². The minimum absolute atomic E-state index is 0.365. The fraction of sp³-hybridized carbons (Fsp3) is 0.100. The molecule has 0 saturated carbocycles. The molecule has 0 aliphatic carbocycles. The third-order valence-corrected chi connectivity index (χ3v) is 4.17. The van der Waals surface area contributed by atoms with E-state index in [4.69, 9.17) is 11.6 Å². The van der Waals surface area contributed by atoms with Crippen LogP contribution in [0.25, 0.3) is 0 Å². The third-order valence-electron chi connectivity index (χ3n) is 3.67. The van der Waals surface area contributed by atoms with Crippen molar-refractivity contribution >= 4 is 11.6 Å². The molecule has 0 unspecified atom stereocenters. The second-order valence-electron chi connectivity index (χ2n) is 4.99. The lowest BCUT2D eigenvalue weighted by Crippen LogP contribution is -2.24. The Kier molecular flexibility index (Phi) is 5.19. The van der Waals surface area contributed by atoms with Crippen LogP contribution in [0.5, 0.6) is 0 Å². The van der Waals surface area contributed by atoms with E-state index in [1.54, 1.807) is 6.08 Å². The smallest absolute Gasteiger partial charge is 0.0530 e. The summed E-state index contributed by atoms with van der Waals surface area (Å²) in [5.41, 5.74) is 1.98. The lowest BCUT2D eigenvalue weighted by atomic mass is 9.75. The Morgan fingerprint density at radius 3 is 1.81 bits per heavy atom. The second kappa shape index (κ2) is 7.10. The van der Waals surface area contributed by atoms with Gasteiger partial charge in [-0.1, -0.05) is 97.1 Å². The number of allylic oxidation sites excluding steroid dienone is 5. The van der Waals surface area contributed by atoms with E-state index in [9.17, 15) is 0 Å². The molecule has 0 radical (unpaired) electrons. The summed E-state index contributed by atoms with van der Waals surface area (Å²) in [6.07, 6.45) is 7.46. The molecule has 0 atom stereocenters. The molecular formula is C20H19Cl. The largest absolute Gasteiger partial charge is 0.0991 e. The van der Waals surface area contributed by atoms with E-state index in [2.05, 4.69) is 37.8 Å². The van der Waals surface area contributed by atoms with Gasteiger partial charge in [0.2, 0.25) is 0 Å². The van der Waals surface area contributed by atoms with Crippen LogP contribution in [0, 0.1) is 0 Å². The van der Waals surface area contributed by atoms with Crippen LogP contribution < -0.4 is 0 Å². The van der Waals surface area contributed by atoms with Crippen LogP contribution in [0.2, 0.25) is 0 Å². The molecule has 0 heterocycles. The lowest BCUT2D eigenvalue weighted by molar-refractivity contribution is 0.708. The van der Waals surface area contributed by atoms with Crippen LogP contribution >= 0.6 is 11.6 Å². The average Bonchev–Trinajstić information content (AvgIpc) is 2.56. The van der Waals surface area contributed by atoms with Crippen LogP contribution in [0.4, 0.5) is 0 Å². The zero-order valence-corrected chi connectivity index (χ0v) is 12.9. The predicted molar refractivity (Wildman–Crippen MR) is 92.6 cm³/mol. The van der Waals surface area contributed by atoms with Crippen LogP contribution in [0.3, 0.4) is 0 Å². The summed E-state index contributed by atoms with van der Waals surface area (Å²) in [5, 5.41) is 0.776. The van der Waals surface area contributed by atoms with Crippen molar-refractivity contribution in [2.45, 2.75) is 12.3 Å². The molecule has 0 N–H and O–H groups in total. The monoisotopic (exact) mass is 294 g/mol. The molecular weight excluding hydrogens is 276 g/mol. The normalized spacial score (nSPS) is 12.6. The van der Waals surface area contributed by atoms with E-state index in [1.807, 2.05) is 54.6 Å². The highest BCUT2D eigenvalue weighted by molar-refractivity contribution is 6.31. The Morgan fingerprint density at radius 2 is 1.38 bits per heavy atom. The Balaban J connectivity index is 2.57. The highest BCUT2D eigenvalue weighted by Crippen LogP contribution is 2.40. The molecule has 106 valence electrons. The molecule has 0 aromatic heterocycles. The van der Waals surface area contributed by atoms with Crippen LogP contribution in [-0.2, 0) is 5.41 Å². The van der Waals surface area contributed by atoms with Gasteiger partial charge in [-0.3, -0.25) is 0 Å². The molecule has 21 heavy (non-hydrogen) atoms. The standard InChI is InChI=1S/C20H19Cl/c1-3-4-7-16-19(21)20(2,17-12-8-5-9-13-17)18-14-10-6-11-15-18/h3-16H,1H2,2H3/b7-4-,19-16-. The fourth-order valence-electron chi connectivity index (χ4n) is 2.37. The highest BCUT2D eigenvalue weighted by atomic mass is 35.5. The highest BCUT2D eigenvalue weighted by Gasteiger charge is 2.31. The first-order chi connectivity index (χ1) is 10.2. The summed E-state index contributed by atoms with van der Waals surface area (Å²) in [4.78, 5) is 0. The lowest BCUT2D eigenvalue weighted by Gasteiger charge is -2.30. The fourth-order valence-corrected chi connectivity index (χ4v) is 2.66. The van der Waals surface area contributed by atoms with Crippen LogP contribution in [0.15, 0.2) is 96.6 Å². The Bertz CT molecular complexity index is 597. The molecule has 2 aromatic carbocycles. The van der Waals surface area contributed by atoms with Crippen molar-refractivity contribution in [2.24, 2.45) is 0 Å². The number of benzene rings is 2. The van der Waals surface area contributed by atoms with Gasteiger partial charge in [0.1, 0.15) is 0 Å². The number of halogens is 1. The predicted octanol–water partition coefficient (Wildman–Crippen LogP) is 5.86. The SMILES string of the molecule is C=C/C=C\C=C(/Cl)C(C)(c1ccccc1)c1ccccc1.